The van der Waals surface area contributed by atoms with E-state index in [0.717, 1.165) is 5.56 Å². The summed E-state index contributed by atoms with van der Waals surface area (Å²) in [5, 5.41) is 2.55. The highest BCUT2D eigenvalue weighted by molar-refractivity contribution is 6.00. The standard InChI is InChI=1S/C22H15/c1-2-9-17(10-3-1)19-14-6-7-15-21(19)22-16-8-12-18-11-4-5-13-20(18)22/h1-13,15-16H. The molecule has 0 aliphatic rings. The second-order valence-electron chi connectivity index (χ2n) is 5.35. The van der Waals surface area contributed by atoms with E-state index in [4.69, 9.17) is 0 Å². The van der Waals surface area contributed by atoms with Gasteiger partial charge in [0.2, 0.25) is 0 Å². The molecule has 0 saturated carbocycles. The van der Waals surface area contributed by atoms with E-state index in [2.05, 4.69) is 84.9 Å². The molecule has 0 bridgehead atoms. The van der Waals surface area contributed by atoms with Crippen molar-refractivity contribution in [3.63, 3.8) is 0 Å². The van der Waals surface area contributed by atoms with Gasteiger partial charge in [0.25, 0.3) is 0 Å². The quantitative estimate of drug-likeness (QED) is 0.424. The Hall–Kier alpha value is -2.86. The summed E-state index contributed by atoms with van der Waals surface area (Å²) in [5.74, 6) is 0. The number of benzene rings is 4. The highest BCUT2D eigenvalue weighted by atomic mass is 14.1. The van der Waals surface area contributed by atoms with Crippen molar-refractivity contribution in [1.29, 1.82) is 0 Å². The van der Waals surface area contributed by atoms with Gasteiger partial charge in [0.1, 0.15) is 0 Å². The topological polar surface area (TPSA) is 0 Å². The molecule has 0 N–H and O–H groups in total. The molecular weight excluding hydrogens is 264 g/mol. The van der Waals surface area contributed by atoms with E-state index in [1.54, 1.807) is 0 Å². The molecule has 0 fully saturated rings. The molecule has 22 heavy (non-hydrogen) atoms. The van der Waals surface area contributed by atoms with Crippen LogP contribution < -0.4 is 0 Å². The molecular formula is C22H15. The first kappa shape index (κ1) is 12.8. The van der Waals surface area contributed by atoms with Gasteiger partial charge in [0.05, 0.1) is 0 Å². The van der Waals surface area contributed by atoms with E-state index in [1.165, 1.54) is 27.5 Å². The number of hydrogen-bond donors (Lipinski definition) is 0. The molecule has 0 heteroatoms. The van der Waals surface area contributed by atoms with Gasteiger partial charge < -0.3 is 0 Å². The zero-order valence-electron chi connectivity index (χ0n) is 12.2. The SMILES string of the molecule is [c]1cccc(-c2cccc3ccccc23)c1-c1ccccc1. The molecule has 0 spiro atoms. The summed E-state index contributed by atoms with van der Waals surface area (Å²) in [4.78, 5) is 0. The number of fused-ring (bicyclic) bond motifs is 1. The van der Waals surface area contributed by atoms with Gasteiger partial charge in [0, 0.05) is 0 Å². The Balaban J connectivity index is 2.01. The molecule has 0 aromatic heterocycles. The maximum absolute atomic E-state index is 3.42. The zero-order valence-corrected chi connectivity index (χ0v) is 12.2. The van der Waals surface area contributed by atoms with Crippen LogP contribution >= 0.6 is 0 Å². The molecule has 1 radical (unpaired) electrons. The van der Waals surface area contributed by atoms with E-state index < -0.39 is 0 Å². The van der Waals surface area contributed by atoms with Gasteiger partial charge in [0.15, 0.2) is 0 Å². The summed E-state index contributed by atoms with van der Waals surface area (Å²) in [7, 11) is 0. The second-order valence-corrected chi connectivity index (χ2v) is 5.35. The molecule has 0 heterocycles. The molecule has 0 unspecified atom stereocenters. The van der Waals surface area contributed by atoms with E-state index in [1.807, 2.05) is 12.1 Å². The Morgan fingerprint density at radius 2 is 1.27 bits per heavy atom. The van der Waals surface area contributed by atoms with Gasteiger partial charge in [-0.2, -0.15) is 0 Å². The summed E-state index contributed by atoms with van der Waals surface area (Å²) >= 11 is 0. The van der Waals surface area contributed by atoms with Gasteiger partial charge in [-0.15, -0.1) is 0 Å². The lowest BCUT2D eigenvalue weighted by Crippen LogP contribution is -1.86. The molecule has 0 amide bonds. The van der Waals surface area contributed by atoms with Gasteiger partial charge in [-0.1, -0.05) is 91.0 Å². The van der Waals surface area contributed by atoms with Crippen molar-refractivity contribution in [2.75, 3.05) is 0 Å². The highest BCUT2D eigenvalue weighted by Gasteiger charge is 2.09. The molecule has 0 nitrogen and oxygen atoms in total. The third-order valence-corrected chi connectivity index (χ3v) is 4.00. The summed E-state index contributed by atoms with van der Waals surface area (Å²) in [6.07, 6.45) is 0. The molecule has 0 atom stereocenters. The van der Waals surface area contributed by atoms with Crippen molar-refractivity contribution in [1.82, 2.24) is 0 Å². The monoisotopic (exact) mass is 279 g/mol. The lowest BCUT2D eigenvalue weighted by atomic mass is 9.91. The lowest BCUT2D eigenvalue weighted by molar-refractivity contribution is 1.59. The second kappa shape index (κ2) is 5.50. The van der Waals surface area contributed by atoms with Crippen molar-refractivity contribution in [2.24, 2.45) is 0 Å². The van der Waals surface area contributed by atoms with Crippen LogP contribution in [0.3, 0.4) is 0 Å². The minimum atomic E-state index is 1.15. The third-order valence-electron chi connectivity index (χ3n) is 4.00. The Kier molecular flexibility index (Phi) is 3.21. The largest absolute Gasteiger partial charge is 0.0622 e. The zero-order chi connectivity index (χ0) is 14.8. The fourth-order valence-corrected chi connectivity index (χ4v) is 2.97. The molecule has 4 aromatic rings. The van der Waals surface area contributed by atoms with Gasteiger partial charge in [-0.25, -0.2) is 0 Å². The van der Waals surface area contributed by atoms with E-state index >= 15 is 0 Å². The Bertz CT molecular complexity index is 915. The molecule has 103 valence electrons. The van der Waals surface area contributed by atoms with Gasteiger partial charge in [-0.3, -0.25) is 0 Å². The minimum Gasteiger partial charge on any atom is -0.0622 e. The fraction of sp³-hybridized carbons (Fsp3) is 0. The fourth-order valence-electron chi connectivity index (χ4n) is 2.97. The van der Waals surface area contributed by atoms with Crippen molar-refractivity contribution < 1.29 is 0 Å². The van der Waals surface area contributed by atoms with Crippen molar-refractivity contribution in [3.8, 4) is 22.3 Å². The van der Waals surface area contributed by atoms with Crippen LogP contribution in [0.5, 0.6) is 0 Å². The lowest BCUT2D eigenvalue weighted by Gasteiger charge is -2.12. The summed E-state index contributed by atoms with van der Waals surface area (Å²) < 4.78 is 0. The number of hydrogen-bond acceptors (Lipinski definition) is 0. The summed E-state index contributed by atoms with van der Waals surface area (Å²) in [5.41, 5.74) is 4.84. The summed E-state index contributed by atoms with van der Waals surface area (Å²) in [6.45, 7) is 0. The maximum atomic E-state index is 3.42. The summed E-state index contributed by atoms with van der Waals surface area (Å²) in [6, 6.07) is 35.1. The smallest absolute Gasteiger partial charge is 0.00264 e. The Labute approximate surface area is 130 Å². The molecule has 0 aliphatic heterocycles. The predicted octanol–water partition coefficient (Wildman–Crippen LogP) is 5.97. The van der Waals surface area contributed by atoms with Crippen LogP contribution in [0.2, 0.25) is 0 Å². The maximum Gasteiger partial charge on any atom is -0.00264 e. The van der Waals surface area contributed by atoms with Gasteiger partial charge >= 0.3 is 0 Å². The number of rotatable bonds is 2. The molecule has 0 saturated heterocycles. The van der Waals surface area contributed by atoms with Crippen molar-refractivity contribution in [2.45, 2.75) is 0 Å². The van der Waals surface area contributed by atoms with Crippen molar-refractivity contribution >= 4 is 10.8 Å². The normalized spacial score (nSPS) is 10.7. The van der Waals surface area contributed by atoms with Crippen LogP contribution in [0, 0.1) is 6.07 Å². The van der Waals surface area contributed by atoms with E-state index in [9.17, 15) is 0 Å². The van der Waals surface area contributed by atoms with Crippen LogP contribution in [-0.2, 0) is 0 Å². The molecule has 4 aromatic carbocycles. The first-order chi connectivity index (χ1) is 10.9. The van der Waals surface area contributed by atoms with Crippen LogP contribution in [0.4, 0.5) is 0 Å². The molecule has 4 rings (SSSR count). The molecule has 0 aliphatic carbocycles. The third kappa shape index (κ3) is 2.19. The average Bonchev–Trinajstić information content (AvgIpc) is 2.62. The Morgan fingerprint density at radius 3 is 2.18 bits per heavy atom. The first-order valence-electron chi connectivity index (χ1n) is 7.48. The van der Waals surface area contributed by atoms with Gasteiger partial charge in [-0.05, 0) is 39.1 Å². The first-order valence-corrected chi connectivity index (χ1v) is 7.48. The predicted molar refractivity (Wildman–Crippen MR) is 93.7 cm³/mol. The van der Waals surface area contributed by atoms with Crippen LogP contribution in [0.25, 0.3) is 33.0 Å². The Morgan fingerprint density at radius 1 is 0.545 bits per heavy atom. The highest BCUT2D eigenvalue weighted by Crippen LogP contribution is 2.35. The minimum absolute atomic E-state index is 1.15. The van der Waals surface area contributed by atoms with E-state index in [-0.39, 0.29) is 0 Å². The van der Waals surface area contributed by atoms with E-state index in [0.29, 0.717) is 0 Å². The van der Waals surface area contributed by atoms with Crippen LogP contribution in [0.15, 0.2) is 91.0 Å². The van der Waals surface area contributed by atoms with Crippen molar-refractivity contribution in [3.05, 3.63) is 97.1 Å². The average molecular weight is 279 g/mol. The van der Waals surface area contributed by atoms with Crippen LogP contribution in [-0.4, -0.2) is 0 Å². The van der Waals surface area contributed by atoms with Crippen LogP contribution in [0.1, 0.15) is 0 Å².